The van der Waals surface area contributed by atoms with Gasteiger partial charge < -0.3 is 21.1 Å². The van der Waals surface area contributed by atoms with Crippen LogP contribution in [0.4, 0.5) is 10.1 Å². The van der Waals surface area contributed by atoms with Gasteiger partial charge >= 0.3 is 0 Å². The smallest absolute Gasteiger partial charge is 0.254 e. The first-order valence-corrected chi connectivity index (χ1v) is 10.1. The van der Waals surface area contributed by atoms with Gasteiger partial charge in [0, 0.05) is 36.4 Å². The first kappa shape index (κ1) is 21.6. The molecule has 0 saturated carbocycles. The SMILES string of the molecule is Cc1cc(C)c(C)c(C(=O)N2CCCC[C@@H]2CNC(=O)c2cc(O)c(F)cc2N)c1. The average molecular weight is 413 g/mol. The van der Waals surface area contributed by atoms with Crippen LogP contribution in [0, 0.1) is 26.6 Å². The number of phenolic OH excluding ortho intramolecular Hbond substituents is 1. The van der Waals surface area contributed by atoms with E-state index in [1.165, 1.54) is 0 Å². The Kier molecular flexibility index (Phi) is 6.29. The second-order valence-corrected chi connectivity index (χ2v) is 8.00. The summed E-state index contributed by atoms with van der Waals surface area (Å²) >= 11 is 0. The molecule has 30 heavy (non-hydrogen) atoms. The first-order valence-electron chi connectivity index (χ1n) is 10.1. The van der Waals surface area contributed by atoms with Gasteiger partial charge in [-0.1, -0.05) is 11.6 Å². The van der Waals surface area contributed by atoms with Crippen LogP contribution in [0.1, 0.15) is 56.7 Å². The number of benzene rings is 2. The van der Waals surface area contributed by atoms with Crippen molar-refractivity contribution >= 4 is 17.5 Å². The number of phenols is 1. The summed E-state index contributed by atoms with van der Waals surface area (Å²) in [6.07, 6.45) is 2.66. The predicted octanol–water partition coefficient (Wildman–Crippen LogP) is 3.46. The number of halogens is 1. The molecule has 0 aliphatic carbocycles. The van der Waals surface area contributed by atoms with E-state index in [0.29, 0.717) is 12.1 Å². The first-order chi connectivity index (χ1) is 14.2. The summed E-state index contributed by atoms with van der Waals surface area (Å²) in [5, 5.41) is 12.3. The van der Waals surface area contributed by atoms with Crippen LogP contribution in [0.5, 0.6) is 5.75 Å². The zero-order chi connectivity index (χ0) is 22.0. The van der Waals surface area contributed by atoms with E-state index in [1.54, 1.807) is 0 Å². The van der Waals surface area contributed by atoms with Gasteiger partial charge in [-0.25, -0.2) is 4.39 Å². The van der Waals surface area contributed by atoms with Crippen LogP contribution < -0.4 is 11.1 Å². The quantitative estimate of drug-likeness (QED) is 0.528. The number of nitrogen functional groups attached to an aromatic ring is 1. The molecule has 0 radical (unpaired) electrons. The van der Waals surface area contributed by atoms with Gasteiger partial charge in [0.2, 0.25) is 0 Å². The van der Waals surface area contributed by atoms with Gasteiger partial charge in [-0.3, -0.25) is 9.59 Å². The number of aryl methyl sites for hydroxylation is 2. The van der Waals surface area contributed by atoms with Crippen molar-refractivity contribution in [2.45, 2.75) is 46.1 Å². The number of rotatable bonds is 4. The normalized spacial score (nSPS) is 16.4. The second kappa shape index (κ2) is 8.73. The second-order valence-electron chi connectivity index (χ2n) is 8.00. The van der Waals surface area contributed by atoms with Gasteiger partial charge in [-0.05, 0) is 63.3 Å². The minimum absolute atomic E-state index is 0.00717. The summed E-state index contributed by atoms with van der Waals surface area (Å²) in [4.78, 5) is 27.7. The Morgan fingerprint density at radius 1 is 1.17 bits per heavy atom. The lowest BCUT2D eigenvalue weighted by Crippen LogP contribution is -2.49. The lowest BCUT2D eigenvalue weighted by molar-refractivity contribution is 0.0601. The Morgan fingerprint density at radius 3 is 2.63 bits per heavy atom. The Bertz CT molecular complexity index is 990. The van der Waals surface area contributed by atoms with Crippen molar-refractivity contribution in [3.63, 3.8) is 0 Å². The molecule has 0 bridgehead atoms. The molecule has 1 aliphatic rings. The van der Waals surface area contributed by atoms with E-state index in [0.717, 1.165) is 48.1 Å². The molecule has 2 aromatic rings. The van der Waals surface area contributed by atoms with Crippen molar-refractivity contribution in [1.29, 1.82) is 0 Å². The number of carbonyl (C=O) groups excluding carboxylic acids is 2. The fraction of sp³-hybridized carbons (Fsp3) is 0.391. The van der Waals surface area contributed by atoms with E-state index in [4.69, 9.17) is 5.73 Å². The molecule has 7 heteroatoms. The molecule has 4 N–H and O–H groups in total. The zero-order valence-electron chi connectivity index (χ0n) is 17.6. The standard InChI is InChI=1S/C23H28FN3O3/c1-13-8-14(2)15(3)17(9-13)23(30)27-7-5-4-6-16(27)12-26-22(29)18-10-21(28)19(24)11-20(18)25/h8-11,16,28H,4-7,12,25H2,1-3H3,(H,26,29)/t16-/m1/s1. The molecule has 1 heterocycles. The third kappa shape index (κ3) is 4.40. The van der Waals surface area contributed by atoms with E-state index in [1.807, 2.05) is 31.7 Å². The predicted molar refractivity (Wildman–Crippen MR) is 114 cm³/mol. The van der Waals surface area contributed by atoms with Gasteiger partial charge in [-0.2, -0.15) is 0 Å². The lowest BCUT2D eigenvalue weighted by atomic mass is 9.96. The van der Waals surface area contributed by atoms with Crippen LogP contribution in [-0.4, -0.2) is 41.0 Å². The fourth-order valence-electron chi connectivity index (χ4n) is 3.98. The Morgan fingerprint density at radius 2 is 1.90 bits per heavy atom. The number of piperidine rings is 1. The van der Waals surface area contributed by atoms with Crippen molar-refractivity contribution < 1.29 is 19.1 Å². The third-order valence-electron chi connectivity index (χ3n) is 5.79. The monoisotopic (exact) mass is 413 g/mol. The highest BCUT2D eigenvalue weighted by molar-refractivity contribution is 6.00. The summed E-state index contributed by atoms with van der Waals surface area (Å²) in [6, 6.07) is 5.76. The maximum absolute atomic E-state index is 13.4. The molecule has 0 aromatic heterocycles. The van der Waals surface area contributed by atoms with E-state index in [-0.39, 0.29) is 29.7 Å². The van der Waals surface area contributed by atoms with Crippen LogP contribution in [0.2, 0.25) is 0 Å². The number of anilines is 1. The molecule has 2 amide bonds. The van der Waals surface area contributed by atoms with E-state index in [9.17, 15) is 19.1 Å². The van der Waals surface area contributed by atoms with E-state index < -0.39 is 17.5 Å². The topological polar surface area (TPSA) is 95.7 Å². The number of nitrogens with zero attached hydrogens (tertiary/aromatic N) is 1. The number of aromatic hydroxyl groups is 1. The van der Waals surface area contributed by atoms with Gasteiger partial charge in [0.1, 0.15) is 0 Å². The molecule has 0 spiro atoms. The Balaban J connectivity index is 1.76. The third-order valence-corrected chi connectivity index (χ3v) is 5.79. The number of likely N-dealkylation sites (tertiary alicyclic amines) is 1. The summed E-state index contributed by atoms with van der Waals surface area (Å²) in [6.45, 7) is 6.80. The van der Waals surface area contributed by atoms with Crippen molar-refractivity contribution in [2.75, 3.05) is 18.8 Å². The fourth-order valence-corrected chi connectivity index (χ4v) is 3.98. The maximum atomic E-state index is 13.4. The van der Waals surface area contributed by atoms with Crippen molar-refractivity contribution in [3.05, 3.63) is 57.9 Å². The Hall–Kier alpha value is -3.09. The van der Waals surface area contributed by atoms with E-state index in [2.05, 4.69) is 11.4 Å². The molecular weight excluding hydrogens is 385 g/mol. The molecule has 1 aliphatic heterocycles. The van der Waals surface area contributed by atoms with E-state index >= 15 is 0 Å². The summed E-state index contributed by atoms with van der Waals surface area (Å²) in [5.74, 6) is -2.05. The molecule has 2 aromatic carbocycles. The van der Waals surface area contributed by atoms with Crippen LogP contribution in [-0.2, 0) is 0 Å². The molecule has 1 atom stereocenters. The number of amides is 2. The minimum Gasteiger partial charge on any atom is -0.505 e. The summed E-state index contributed by atoms with van der Waals surface area (Å²) < 4.78 is 13.4. The molecule has 160 valence electrons. The minimum atomic E-state index is -0.878. The number of nitrogens with two attached hydrogens (primary N) is 1. The lowest BCUT2D eigenvalue weighted by Gasteiger charge is -2.36. The number of nitrogens with one attached hydrogen (secondary N) is 1. The van der Waals surface area contributed by atoms with Crippen LogP contribution in [0.25, 0.3) is 0 Å². The van der Waals surface area contributed by atoms with Crippen LogP contribution in [0.15, 0.2) is 24.3 Å². The number of hydrogen-bond donors (Lipinski definition) is 3. The highest BCUT2D eigenvalue weighted by Crippen LogP contribution is 2.25. The van der Waals surface area contributed by atoms with Crippen LogP contribution in [0.3, 0.4) is 0 Å². The number of carbonyl (C=O) groups is 2. The van der Waals surface area contributed by atoms with Crippen molar-refractivity contribution in [3.8, 4) is 5.75 Å². The molecule has 3 rings (SSSR count). The number of hydrogen-bond acceptors (Lipinski definition) is 4. The Labute approximate surface area is 175 Å². The highest BCUT2D eigenvalue weighted by Gasteiger charge is 2.29. The molecule has 1 saturated heterocycles. The maximum Gasteiger partial charge on any atom is 0.254 e. The molecule has 6 nitrogen and oxygen atoms in total. The van der Waals surface area contributed by atoms with Gasteiger partial charge in [-0.15, -0.1) is 0 Å². The summed E-state index contributed by atoms with van der Waals surface area (Å²) in [7, 11) is 0. The molecular formula is C23H28FN3O3. The van der Waals surface area contributed by atoms with Crippen LogP contribution >= 0.6 is 0 Å². The largest absolute Gasteiger partial charge is 0.505 e. The van der Waals surface area contributed by atoms with Gasteiger partial charge in [0.25, 0.3) is 11.8 Å². The summed E-state index contributed by atoms with van der Waals surface area (Å²) in [5.41, 5.74) is 9.45. The zero-order valence-corrected chi connectivity index (χ0v) is 17.6. The van der Waals surface area contributed by atoms with Gasteiger partial charge in [0.05, 0.1) is 5.56 Å². The average Bonchev–Trinajstić information content (AvgIpc) is 2.71. The highest BCUT2D eigenvalue weighted by atomic mass is 19.1. The molecule has 1 fully saturated rings. The molecule has 0 unspecified atom stereocenters. The van der Waals surface area contributed by atoms with Crippen molar-refractivity contribution in [2.24, 2.45) is 0 Å². The van der Waals surface area contributed by atoms with Gasteiger partial charge in [0.15, 0.2) is 11.6 Å². The van der Waals surface area contributed by atoms with Crippen molar-refractivity contribution in [1.82, 2.24) is 10.2 Å².